The first-order chi connectivity index (χ1) is 14.5. The van der Waals surface area contributed by atoms with E-state index in [0.29, 0.717) is 28.5 Å². The number of ether oxygens (including phenoxy) is 1. The Labute approximate surface area is 176 Å². The smallest absolute Gasteiger partial charge is 0.233 e. The van der Waals surface area contributed by atoms with Gasteiger partial charge in [0.05, 0.1) is 17.5 Å². The Morgan fingerprint density at radius 2 is 1.47 bits per heavy atom. The summed E-state index contributed by atoms with van der Waals surface area (Å²) < 4.78 is 31.1. The number of carbonyl (C=O) groups is 1. The zero-order chi connectivity index (χ0) is 21.4. The third-order valence-electron chi connectivity index (χ3n) is 4.58. The fourth-order valence-electron chi connectivity index (χ4n) is 3.05. The second kappa shape index (κ2) is 10.0. The number of hydrogen-bond acceptors (Lipinski definition) is 5. The molecule has 0 aliphatic rings. The highest BCUT2D eigenvalue weighted by Gasteiger charge is 2.25. The maximum absolute atomic E-state index is 12.7. The van der Waals surface area contributed by atoms with Gasteiger partial charge in [-0.15, -0.1) is 0 Å². The van der Waals surface area contributed by atoms with Gasteiger partial charge in [0, 0.05) is 0 Å². The Balaban J connectivity index is 1.64. The summed E-state index contributed by atoms with van der Waals surface area (Å²) in [6, 6.07) is 24.2. The standard InChI is InChI=1S/C23H23NO5S/c25-18-24(26)23(21-9-5-2-6-10-21)17-30(27,28)16-20-11-13-22(14-12-20)29-15-19-7-3-1-4-8-19/h1-14,18,23,26H,15-17H2/t23-/m1/s1. The summed E-state index contributed by atoms with van der Waals surface area (Å²) in [4.78, 5) is 11.0. The van der Waals surface area contributed by atoms with Gasteiger partial charge >= 0.3 is 0 Å². The molecule has 0 fully saturated rings. The van der Waals surface area contributed by atoms with E-state index in [-0.39, 0.29) is 12.2 Å². The zero-order valence-electron chi connectivity index (χ0n) is 16.3. The molecule has 156 valence electrons. The van der Waals surface area contributed by atoms with Crippen LogP contribution in [0.15, 0.2) is 84.9 Å². The van der Waals surface area contributed by atoms with Gasteiger partial charge in [0.1, 0.15) is 12.4 Å². The van der Waals surface area contributed by atoms with Gasteiger partial charge in [-0.25, -0.2) is 13.5 Å². The molecular weight excluding hydrogens is 402 g/mol. The minimum atomic E-state index is -3.61. The maximum Gasteiger partial charge on any atom is 0.233 e. The third kappa shape index (κ3) is 6.17. The summed E-state index contributed by atoms with van der Waals surface area (Å²) in [5, 5.41) is 10.3. The van der Waals surface area contributed by atoms with E-state index in [2.05, 4.69) is 0 Å². The molecule has 1 amide bonds. The van der Waals surface area contributed by atoms with Crippen molar-refractivity contribution < 1.29 is 23.2 Å². The van der Waals surface area contributed by atoms with Crippen LogP contribution in [0, 0.1) is 0 Å². The predicted molar refractivity (Wildman–Crippen MR) is 114 cm³/mol. The van der Waals surface area contributed by atoms with Gasteiger partial charge in [-0.1, -0.05) is 72.8 Å². The number of amides is 1. The summed E-state index contributed by atoms with van der Waals surface area (Å²) in [6.45, 7) is 0.426. The van der Waals surface area contributed by atoms with Crippen LogP contribution in [0.4, 0.5) is 0 Å². The Kier molecular flexibility index (Phi) is 7.21. The van der Waals surface area contributed by atoms with Crippen LogP contribution in [0.5, 0.6) is 5.75 Å². The van der Waals surface area contributed by atoms with Gasteiger partial charge in [-0.05, 0) is 28.8 Å². The molecule has 7 heteroatoms. The lowest BCUT2D eigenvalue weighted by atomic mass is 10.1. The summed E-state index contributed by atoms with van der Waals surface area (Å²) in [6.07, 6.45) is 0.214. The normalized spacial score (nSPS) is 12.2. The van der Waals surface area contributed by atoms with Gasteiger partial charge in [0.25, 0.3) is 0 Å². The number of rotatable bonds is 10. The van der Waals surface area contributed by atoms with Crippen LogP contribution in [-0.4, -0.2) is 30.9 Å². The van der Waals surface area contributed by atoms with Crippen molar-refractivity contribution in [2.24, 2.45) is 0 Å². The maximum atomic E-state index is 12.7. The molecule has 0 aliphatic carbocycles. The van der Waals surface area contributed by atoms with Crippen molar-refractivity contribution in [3.63, 3.8) is 0 Å². The van der Waals surface area contributed by atoms with Gasteiger partial charge in [-0.2, -0.15) is 0 Å². The molecule has 0 bridgehead atoms. The van der Waals surface area contributed by atoms with E-state index in [9.17, 15) is 18.4 Å². The molecule has 0 saturated carbocycles. The second-order valence-electron chi connectivity index (χ2n) is 6.88. The molecule has 0 unspecified atom stereocenters. The van der Waals surface area contributed by atoms with E-state index in [1.54, 1.807) is 54.6 Å². The average Bonchev–Trinajstić information content (AvgIpc) is 2.77. The first-order valence-electron chi connectivity index (χ1n) is 9.40. The van der Waals surface area contributed by atoms with Crippen LogP contribution in [-0.2, 0) is 27.0 Å². The SMILES string of the molecule is O=CN(O)[C@H](CS(=O)(=O)Cc1ccc(OCc2ccccc2)cc1)c1ccccc1. The van der Waals surface area contributed by atoms with E-state index < -0.39 is 21.6 Å². The molecule has 30 heavy (non-hydrogen) atoms. The Morgan fingerprint density at radius 1 is 0.867 bits per heavy atom. The summed E-state index contributed by atoms with van der Waals surface area (Å²) in [7, 11) is -3.61. The van der Waals surface area contributed by atoms with Crippen molar-refractivity contribution >= 4 is 16.2 Å². The van der Waals surface area contributed by atoms with Crippen molar-refractivity contribution in [3.05, 3.63) is 102 Å². The van der Waals surface area contributed by atoms with E-state index in [0.717, 1.165) is 5.56 Å². The highest BCUT2D eigenvalue weighted by Crippen LogP contribution is 2.23. The van der Waals surface area contributed by atoms with Crippen LogP contribution < -0.4 is 4.74 Å². The summed E-state index contributed by atoms with van der Waals surface area (Å²) in [5.41, 5.74) is 2.18. The molecule has 0 saturated heterocycles. The van der Waals surface area contributed by atoms with Crippen LogP contribution in [0.3, 0.4) is 0 Å². The lowest BCUT2D eigenvalue weighted by Crippen LogP contribution is -2.30. The number of carbonyl (C=O) groups excluding carboxylic acids is 1. The topological polar surface area (TPSA) is 83.9 Å². The summed E-state index contributed by atoms with van der Waals surface area (Å²) >= 11 is 0. The number of hydrogen-bond donors (Lipinski definition) is 1. The van der Waals surface area contributed by atoms with E-state index >= 15 is 0 Å². The molecule has 1 atom stereocenters. The first-order valence-corrected chi connectivity index (χ1v) is 11.2. The Morgan fingerprint density at radius 3 is 2.07 bits per heavy atom. The van der Waals surface area contributed by atoms with Gasteiger partial charge in [0.15, 0.2) is 9.84 Å². The van der Waals surface area contributed by atoms with E-state index in [1.165, 1.54) is 0 Å². The minimum Gasteiger partial charge on any atom is -0.489 e. The van der Waals surface area contributed by atoms with Crippen molar-refractivity contribution in [1.29, 1.82) is 0 Å². The fraction of sp³-hybridized carbons (Fsp3) is 0.174. The Bertz CT molecular complexity index is 1040. The van der Waals surface area contributed by atoms with Crippen molar-refractivity contribution in [2.45, 2.75) is 18.4 Å². The van der Waals surface area contributed by atoms with Gasteiger partial charge in [-0.3, -0.25) is 10.0 Å². The molecule has 6 nitrogen and oxygen atoms in total. The first kappa shape index (κ1) is 21.5. The van der Waals surface area contributed by atoms with E-state index in [4.69, 9.17) is 4.74 Å². The number of benzene rings is 3. The lowest BCUT2D eigenvalue weighted by Gasteiger charge is -2.22. The molecule has 3 aromatic carbocycles. The van der Waals surface area contributed by atoms with Crippen LogP contribution in [0.2, 0.25) is 0 Å². The average molecular weight is 426 g/mol. The molecule has 0 aromatic heterocycles. The fourth-order valence-corrected chi connectivity index (χ4v) is 4.69. The number of hydroxylamine groups is 2. The van der Waals surface area contributed by atoms with Crippen LogP contribution in [0.25, 0.3) is 0 Å². The van der Waals surface area contributed by atoms with Crippen molar-refractivity contribution in [1.82, 2.24) is 5.06 Å². The molecule has 3 aromatic rings. The zero-order valence-corrected chi connectivity index (χ0v) is 17.1. The molecule has 0 aliphatic heterocycles. The van der Waals surface area contributed by atoms with Crippen molar-refractivity contribution in [2.75, 3.05) is 5.75 Å². The molecule has 0 radical (unpaired) electrons. The monoisotopic (exact) mass is 425 g/mol. The quantitative estimate of drug-likeness (QED) is 0.304. The van der Waals surface area contributed by atoms with E-state index in [1.807, 2.05) is 30.3 Å². The molecule has 3 rings (SSSR count). The predicted octanol–water partition coefficient (Wildman–Crippen LogP) is 3.77. The van der Waals surface area contributed by atoms with Crippen molar-refractivity contribution in [3.8, 4) is 5.75 Å². The molecule has 1 N–H and O–H groups in total. The molecule has 0 spiro atoms. The summed E-state index contributed by atoms with van der Waals surface area (Å²) in [5.74, 6) is 0.0465. The minimum absolute atomic E-state index is 0.206. The van der Waals surface area contributed by atoms with Gasteiger partial charge in [0.2, 0.25) is 6.41 Å². The second-order valence-corrected chi connectivity index (χ2v) is 8.99. The molecule has 0 heterocycles. The highest BCUT2D eigenvalue weighted by atomic mass is 32.2. The highest BCUT2D eigenvalue weighted by molar-refractivity contribution is 7.90. The largest absolute Gasteiger partial charge is 0.489 e. The number of sulfone groups is 1. The number of nitrogens with zero attached hydrogens (tertiary/aromatic N) is 1. The third-order valence-corrected chi connectivity index (χ3v) is 6.18. The lowest BCUT2D eigenvalue weighted by molar-refractivity contribution is -0.158. The van der Waals surface area contributed by atoms with Crippen LogP contribution in [0.1, 0.15) is 22.7 Å². The molecular formula is C23H23NO5S. The van der Waals surface area contributed by atoms with Crippen LogP contribution >= 0.6 is 0 Å². The Hall–Kier alpha value is -3.16. The van der Waals surface area contributed by atoms with Gasteiger partial charge < -0.3 is 4.74 Å².